The normalized spacial score (nSPS) is 14.0. The van der Waals surface area contributed by atoms with Crippen LogP contribution in [0.15, 0.2) is 22.7 Å². The number of aryl methyl sites for hydroxylation is 1. The Morgan fingerprint density at radius 1 is 1.40 bits per heavy atom. The van der Waals surface area contributed by atoms with E-state index in [1.165, 1.54) is 12.0 Å². The summed E-state index contributed by atoms with van der Waals surface area (Å²) in [6.07, 6.45) is 1.87. The van der Waals surface area contributed by atoms with Crippen LogP contribution < -0.4 is 5.32 Å². The average Bonchev–Trinajstić information content (AvgIpc) is 3.06. The van der Waals surface area contributed by atoms with E-state index in [0.29, 0.717) is 5.76 Å². The van der Waals surface area contributed by atoms with Crippen molar-refractivity contribution in [3.8, 4) is 0 Å². The molecule has 20 heavy (non-hydrogen) atoms. The van der Waals surface area contributed by atoms with Crippen LogP contribution in [0, 0.1) is 6.92 Å². The number of nitrogens with zero attached hydrogens (tertiary/aromatic N) is 1. The first kappa shape index (κ1) is 14.7. The van der Waals surface area contributed by atoms with Crippen LogP contribution >= 0.6 is 11.3 Å². The maximum Gasteiger partial charge on any atom is 0.373 e. The summed E-state index contributed by atoms with van der Waals surface area (Å²) in [4.78, 5) is 16.9. The van der Waals surface area contributed by atoms with E-state index in [2.05, 4.69) is 22.0 Å². The standard InChI is InChI=1S/C14H18N2O3S/c1-8-7-15-13(20-8)10(3)16-9(2)11-5-6-12(19-11)14(17)18-4/h5-7,9-10,16H,1-4H3. The van der Waals surface area contributed by atoms with Crippen molar-refractivity contribution in [2.45, 2.75) is 32.9 Å². The molecule has 6 heteroatoms. The fourth-order valence-corrected chi connectivity index (χ4v) is 2.68. The molecule has 2 unspecified atom stereocenters. The molecule has 0 saturated carbocycles. The fraction of sp³-hybridized carbons (Fsp3) is 0.429. The molecule has 2 aromatic rings. The van der Waals surface area contributed by atoms with Crippen LogP contribution in [0.4, 0.5) is 0 Å². The Morgan fingerprint density at radius 3 is 2.75 bits per heavy atom. The molecule has 0 aliphatic carbocycles. The van der Waals surface area contributed by atoms with Crippen LogP contribution in [0.2, 0.25) is 0 Å². The number of furan rings is 1. The maximum atomic E-state index is 11.4. The van der Waals surface area contributed by atoms with Crippen molar-refractivity contribution in [2.75, 3.05) is 7.11 Å². The minimum atomic E-state index is -0.466. The molecule has 0 aliphatic heterocycles. The van der Waals surface area contributed by atoms with Crippen LogP contribution in [0.3, 0.4) is 0 Å². The summed E-state index contributed by atoms with van der Waals surface area (Å²) in [5.41, 5.74) is 0. The summed E-state index contributed by atoms with van der Waals surface area (Å²) in [5, 5.41) is 4.43. The third-order valence-electron chi connectivity index (χ3n) is 2.95. The van der Waals surface area contributed by atoms with E-state index in [9.17, 15) is 4.79 Å². The van der Waals surface area contributed by atoms with Crippen molar-refractivity contribution in [3.63, 3.8) is 0 Å². The molecular formula is C14H18N2O3S. The highest BCUT2D eigenvalue weighted by Crippen LogP contribution is 2.24. The van der Waals surface area contributed by atoms with Gasteiger partial charge in [-0.3, -0.25) is 5.32 Å². The highest BCUT2D eigenvalue weighted by molar-refractivity contribution is 7.11. The van der Waals surface area contributed by atoms with E-state index in [1.807, 2.05) is 20.0 Å². The quantitative estimate of drug-likeness (QED) is 0.858. The van der Waals surface area contributed by atoms with Gasteiger partial charge in [0, 0.05) is 11.1 Å². The first-order valence-corrected chi connectivity index (χ1v) is 7.19. The lowest BCUT2D eigenvalue weighted by molar-refractivity contribution is 0.0562. The lowest BCUT2D eigenvalue weighted by Crippen LogP contribution is -2.22. The predicted octanol–water partition coefficient (Wildman–Crippen LogP) is 3.24. The number of esters is 1. The van der Waals surface area contributed by atoms with Gasteiger partial charge in [0.25, 0.3) is 0 Å². The number of ether oxygens (including phenoxy) is 1. The molecule has 0 aliphatic rings. The van der Waals surface area contributed by atoms with Crippen LogP contribution in [0.25, 0.3) is 0 Å². The summed E-state index contributed by atoms with van der Waals surface area (Å²) in [6, 6.07) is 3.50. The van der Waals surface area contributed by atoms with Gasteiger partial charge in [-0.1, -0.05) is 0 Å². The number of aromatic nitrogens is 1. The Hall–Kier alpha value is -1.66. The van der Waals surface area contributed by atoms with Gasteiger partial charge in [-0.05, 0) is 32.9 Å². The monoisotopic (exact) mass is 294 g/mol. The predicted molar refractivity (Wildman–Crippen MR) is 76.9 cm³/mol. The first-order chi connectivity index (χ1) is 9.51. The Morgan fingerprint density at radius 2 is 2.15 bits per heavy atom. The fourth-order valence-electron chi connectivity index (χ4n) is 1.90. The summed E-state index contributed by atoms with van der Waals surface area (Å²) in [5.74, 6) is 0.450. The van der Waals surface area contributed by atoms with Gasteiger partial charge in [0.2, 0.25) is 5.76 Å². The van der Waals surface area contributed by atoms with Gasteiger partial charge in [0.1, 0.15) is 10.8 Å². The minimum absolute atomic E-state index is 0.0207. The SMILES string of the molecule is COC(=O)c1ccc(C(C)NC(C)c2ncc(C)s2)o1. The number of carbonyl (C=O) groups excluding carboxylic acids is 1. The van der Waals surface area contributed by atoms with Gasteiger partial charge >= 0.3 is 5.97 Å². The number of carbonyl (C=O) groups is 1. The molecule has 5 nitrogen and oxygen atoms in total. The Labute approximate surface area is 122 Å². The van der Waals surface area contributed by atoms with Gasteiger partial charge in [-0.25, -0.2) is 9.78 Å². The third kappa shape index (κ3) is 3.26. The summed E-state index contributed by atoms with van der Waals surface area (Å²) >= 11 is 1.67. The van der Waals surface area contributed by atoms with Crippen molar-refractivity contribution in [2.24, 2.45) is 0 Å². The van der Waals surface area contributed by atoms with Gasteiger partial charge in [0.15, 0.2) is 0 Å². The molecule has 108 valence electrons. The molecule has 2 rings (SSSR count). The zero-order valence-corrected chi connectivity index (χ0v) is 12.8. The highest BCUT2D eigenvalue weighted by Gasteiger charge is 2.18. The van der Waals surface area contributed by atoms with Crippen LogP contribution in [0.5, 0.6) is 0 Å². The van der Waals surface area contributed by atoms with Gasteiger partial charge < -0.3 is 9.15 Å². The van der Waals surface area contributed by atoms with Gasteiger partial charge in [-0.15, -0.1) is 11.3 Å². The molecule has 0 fully saturated rings. The number of thiazole rings is 1. The second-order valence-electron chi connectivity index (χ2n) is 4.61. The molecule has 0 bridgehead atoms. The van der Waals surface area contributed by atoms with Crippen LogP contribution in [-0.2, 0) is 4.74 Å². The third-order valence-corrected chi connectivity index (χ3v) is 4.05. The lowest BCUT2D eigenvalue weighted by Gasteiger charge is -2.16. The molecule has 2 atom stereocenters. The van der Waals surface area contributed by atoms with Crippen LogP contribution in [-0.4, -0.2) is 18.1 Å². The minimum Gasteiger partial charge on any atom is -0.463 e. The van der Waals surface area contributed by atoms with E-state index < -0.39 is 5.97 Å². The molecule has 1 N–H and O–H groups in total. The molecule has 0 spiro atoms. The van der Waals surface area contributed by atoms with E-state index in [-0.39, 0.29) is 17.8 Å². The van der Waals surface area contributed by atoms with Crippen LogP contribution in [0.1, 0.15) is 52.1 Å². The number of nitrogens with one attached hydrogen (secondary N) is 1. The molecule has 2 aromatic heterocycles. The van der Waals surface area contributed by atoms with Crippen molar-refractivity contribution < 1.29 is 13.9 Å². The van der Waals surface area contributed by atoms with Crippen molar-refractivity contribution >= 4 is 17.3 Å². The van der Waals surface area contributed by atoms with Crippen molar-refractivity contribution in [1.82, 2.24) is 10.3 Å². The number of rotatable bonds is 5. The Kier molecular flexibility index (Phi) is 4.57. The summed E-state index contributed by atoms with van der Waals surface area (Å²) < 4.78 is 10.1. The van der Waals surface area contributed by atoms with E-state index in [1.54, 1.807) is 23.5 Å². The molecule has 2 heterocycles. The summed E-state index contributed by atoms with van der Waals surface area (Å²) in [6.45, 7) is 6.07. The second kappa shape index (κ2) is 6.19. The zero-order chi connectivity index (χ0) is 14.7. The molecule has 0 aromatic carbocycles. The van der Waals surface area contributed by atoms with E-state index in [0.717, 1.165) is 5.01 Å². The molecule has 0 amide bonds. The van der Waals surface area contributed by atoms with E-state index in [4.69, 9.17) is 4.42 Å². The smallest absolute Gasteiger partial charge is 0.373 e. The second-order valence-corrected chi connectivity index (χ2v) is 5.88. The highest BCUT2D eigenvalue weighted by atomic mass is 32.1. The van der Waals surface area contributed by atoms with Gasteiger partial charge in [-0.2, -0.15) is 0 Å². The van der Waals surface area contributed by atoms with Crippen molar-refractivity contribution in [1.29, 1.82) is 0 Å². The Balaban J connectivity index is 2.02. The topological polar surface area (TPSA) is 64.4 Å². The molecule has 0 saturated heterocycles. The number of methoxy groups -OCH3 is 1. The van der Waals surface area contributed by atoms with E-state index >= 15 is 0 Å². The Bertz CT molecular complexity index is 591. The largest absolute Gasteiger partial charge is 0.463 e. The summed E-state index contributed by atoms with van der Waals surface area (Å²) in [7, 11) is 1.33. The number of hydrogen-bond donors (Lipinski definition) is 1. The molecular weight excluding hydrogens is 276 g/mol. The first-order valence-electron chi connectivity index (χ1n) is 6.37. The molecule has 0 radical (unpaired) electrons. The number of hydrogen-bond acceptors (Lipinski definition) is 6. The van der Waals surface area contributed by atoms with Gasteiger partial charge in [0.05, 0.1) is 19.2 Å². The maximum absolute atomic E-state index is 11.4. The lowest BCUT2D eigenvalue weighted by atomic mass is 10.2. The average molecular weight is 294 g/mol. The van der Waals surface area contributed by atoms with Crippen molar-refractivity contribution in [3.05, 3.63) is 39.7 Å². The zero-order valence-electron chi connectivity index (χ0n) is 12.0.